The van der Waals surface area contributed by atoms with Crippen LogP contribution in [-0.4, -0.2) is 19.6 Å². The van der Waals surface area contributed by atoms with E-state index >= 15 is 0 Å². The molecular formula is C23H23NO3S. The molecule has 5 heteroatoms. The molecule has 144 valence electrons. The van der Waals surface area contributed by atoms with E-state index < -0.39 is 0 Å². The number of thiophene rings is 1. The van der Waals surface area contributed by atoms with Crippen LogP contribution in [-0.2, 0) is 4.79 Å². The second-order valence-electron chi connectivity index (χ2n) is 6.84. The third-order valence-electron chi connectivity index (χ3n) is 4.95. The van der Waals surface area contributed by atoms with Crippen LogP contribution >= 0.6 is 11.3 Å². The molecule has 1 amide bonds. The number of hydrogen-bond donors (Lipinski definition) is 1. The molecule has 1 aliphatic rings. The summed E-state index contributed by atoms with van der Waals surface area (Å²) >= 11 is 1.70. The predicted molar refractivity (Wildman–Crippen MR) is 114 cm³/mol. The average Bonchev–Trinajstić information content (AvgIpc) is 3.16. The molecule has 1 aliphatic heterocycles. The van der Waals surface area contributed by atoms with Crippen LogP contribution in [0.15, 0.2) is 53.9 Å². The van der Waals surface area contributed by atoms with Gasteiger partial charge in [0.1, 0.15) is 11.5 Å². The Labute approximate surface area is 169 Å². The van der Waals surface area contributed by atoms with Crippen LogP contribution < -0.4 is 14.8 Å². The van der Waals surface area contributed by atoms with Gasteiger partial charge in [0.2, 0.25) is 5.91 Å². The minimum atomic E-state index is 0.0528. The van der Waals surface area contributed by atoms with Gasteiger partial charge in [0, 0.05) is 28.2 Å². The number of amides is 1. The molecule has 1 atom stereocenters. The molecule has 28 heavy (non-hydrogen) atoms. The molecule has 2 heterocycles. The first-order valence-electron chi connectivity index (χ1n) is 9.48. The van der Waals surface area contributed by atoms with Crippen LogP contribution in [0.4, 0.5) is 5.69 Å². The molecule has 0 radical (unpaired) electrons. The number of nitrogens with one attached hydrogen (secondary N) is 1. The van der Waals surface area contributed by atoms with Crippen molar-refractivity contribution in [2.24, 2.45) is 0 Å². The van der Waals surface area contributed by atoms with E-state index in [9.17, 15) is 4.79 Å². The fourth-order valence-corrected chi connectivity index (χ4v) is 4.66. The number of rotatable bonds is 6. The van der Waals surface area contributed by atoms with E-state index in [1.807, 2.05) is 36.4 Å². The summed E-state index contributed by atoms with van der Waals surface area (Å²) in [5.74, 6) is 1.81. The van der Waals surface area contributed by atoms with Gasteiger partial charge < -0.3 is 14.8 Å². The predicted octanol–water partition coefficient (Wildman–Crippen LogP) is 5.69. The molecular weight excluding hydrogens is 370 g/mol. The lowest BCUT2D eigenvalue weighted by molar-refractivity contribution is -0.116. The van der Waals surface area contributed by atoms with Gasteiger partial charge in [-0.2, -0.15) is 0 Å². The quantitative estimate of drug-likeness (QED) is 0.585. The average molecular weight is 394 g/mol. The van der Waals surface area contributed by atoms with Crippen molar-refractivity contribution in [2.75, 3.05) is 19.0 Å². The zero-order valence-electron chi connectivity index (χ0n) is 16.0. The molecule has 1 aromatic heterocycles. The smallest absolute Gasteiger partial charge is 0.225 e. The third kappa shape index (κ3) is 3.62. The lowest BCUT2D eigenvalue weighted by Crippen LogP contribution is -2.22. The van der Waals surface area contributed by atoms with Crippen molar-refractivity contribution in [3.05, 3.63) is 64.4 Å². The highest BCUT2D eigenvalue weighted by atomic mass is 32.1. The monoisotopic (exact) mass is 393 g/mol. The number of carbonyl (C=O) groups is 1. The Hall–Kier alpha value is -2.79. The zero-order chi connectivity index (χ0) is 19.5. The van der Waals surface area contributed by atoms with Crippen molar-refractivity contribution in [1.29, 1.82) is 0 Å². The molecule has 0 aliphatic carbocycles. The SMILES string of the molecule is CCCOc1ccc(C2CC(=O)Nc3c(-c4ccc(OC)cc4)csc32)cc1. The summed E-state index contributed by atoms with van der Waals surface area (Å²) in [6.45, 7) is 2.80. The fraction of sp³-hybridized carbons (Fsp3) is 0.261. The summed E-state index contributed by atoms with van der Waals surface area (Å²) < 4.78 is 10.9. The van der Waals surface area contributed by atoms with Crippen molar-refractivity contribution >= 4 is 22.9 Å². The number of methoxy groups -OCH3 is 1. The van der Waals surface area contributed by atoms with E-state index in [1.165, 1.54) is 4.88 Å². The van der Waals surface area contributed by atoms with Crippen molar-refractivity contribution in [3.8, 4) is 22.6 Å². The van der Waals surface area contributed by atoms with Crippen molar-refractivity contribution < 1.29 is 14.3 Å². The van der Waals surface area contributed by atoms with Gasteiger partial charge in [0.05, 0.1) is 19.4 Å². The Morgan fingerprint density at radius 1 is 1.07 bits per heavy atom. The molecule has 0 saturated heterocycles. The molecule has 4 rings (SSSR count). The molecule has 0 saturated carbocycles. The van der Waals surface area contributed by atoms with Gasteiger partial charge in [-0.25, -0.2) is 0 Å². The van der Waals surface area contributed by atoms with Gasteiger partial charge in [-0.1, -0.05) is 31.2 Å². The topological polar surface area (TPSA) is 47.6 Å². The maximum atomic E-state index is 12.4. The molecule has 2 aromatic carbocycles. The number of carbonyl (C=O) groups excluding carboxylic acids is 1. The largest absolute Gasteiger partial charge is 0.497 e. The van der Waals surface area contributed by atoms with Crippen molar-refractivity contribution in [2.45, 2.75) is 25.7 Å². The van der Waals surface area contributed by atoms with Gasteiger partial charge >= 0.3 is 0 Å². The number of ether oxygens (including phenoxy) is 2. The lowest BCUT2D eigenvalue weighted by atomic mass is 9.89. The van der Waals surface area contributed by atoms with Gasteiger partial charge in [-0.05, 0) is 41.8 Å². The van der Waals surface area contributed by atoms with E-state index in [0.717, 1.165) is 40.3 Å². The summed E-state index contributed by atoms with van der Waals surface area (Å²) in [5.41, 5.74) is 4.21. The maximum absolute atomic E-state index is 12.4. The second-order valence-corrected chi connectivity index (χ2v) is 7.75. The number of benzene rings is 2. The Morgan fingerprint density at radius 2 is 1.79 bits per heavy atom. The zero-order valence-corrected chi connectivity index (χ0v) is 16.8. The highest BCUT2D eigenvalue weighted by molar-refractivity contribution is 7.11. The normalized spacial score (nSPS) is 15.6. The molecule has 0 bridgehead atoms. The van der Waals surface area contributed by atoms with Crippen LogP contribution in [0.3, 0.4) is 0 Å². The van der Waals surface area contributed by atoms with Crippen molar-refractivity contribution in [1.82, 2.24) is 0 Å². The Balaban J connectivity index is 1.66. The molecule has 1 unspecified atom stereocenters. The van der Waals surface area contributed by atoms with Crippen LogP contribution in [0.2, 0.25) is 0 Å². The Bertz CT molecular complexity index is 961. The molecule has 4 nitrogen and oxygen atoms in total. The van der Waals surface area contributed by atoms with E-state index in [2.05, 4.69) is 29.8 Å². The first-order chi connectivity index (χ1) is 13.7. The highest BCUT2D eigenvalue weighted by Gasteiger charge is 2.30. The fourth-order valence-electron chi connectivity index (χ4n) is 3.50. The van der Waals surface area contributed by atoms with Gasteiger partial charge in [0.25, 0.3) is 0 Å². The second kappa shape index (κ2) is 8.07. The van der Waals surface area contributed by atoms with E-state index in [0.29, 0.717) is 13.0 Å². The summed E-state index contributed by atoms with van der Waals surface area (Å²) in [5, 5.41) is 5.22. The minimum Gasteiger partial charge on any atom is -0.497 e. The van der Waals surface area contributed by atoms with Crippen LogP contribution in [0.1, 0.15) is 36.1 Å². The first kappa shape index (κ1) is 18.6. The van der Waals surface area contributed by atoms with Crippen LogP contribution in [0.5, 0.6) is 11.5 Å². The van der Waals surface area contributed by atoms with E-state index in [-0.39, 0.29) is 11.8 Å². The molecule has 3 aromatic rings. The van der Waals surface area contributed by atoms with Gasteiger partial charge in [-0.3, -0.25) is 4.79 Å². The molecule has 1 N–H and O–H groups in total. The number of anilines is 1. The van der Waals surface area contributed by atoms with Crippen molar-refractivity contribution in [3.63, 3.8) is 0 Å². The summed E-state index contributed by atoms with van der Waals surface area (Å²) in [6, 6.07) is 16.1. The molecule has 0 fully saturated rings. The minimum absolute atomic E-state index is 0.0528. The van der Waals surface area contributed by atoms with E-state index in [1.54, 1.807) is 18.4 Å². The number of hydrogen-bond acceptors (Lipinski definition) is 4. The van der Waals surface area contributed by atoms with Gasteiger partial charge in [0.15, 0.2) is 0 Å². The third-order valence-corrected chi connectivity index (χ3v) is 6.04. The highest BCUT2D eigenvalue weighted by Crippen LogP contribution is 2.46. The summed E-state index contributed by atoms with van der Waals surface area (Å²) in [7, 11) is 1.66. The number of fused-ring (bicyclic) bond motifs is 1. The maximum Gasteiger partial charge on any atom is 0.225 e. The van der Waals surface area contributed by atoms with Crippen LogP contribution in [0, 0.1) is 0 Å². The summed E-state index contributed by atoms with van der Waals surface area (Å²) in [6.07, 6.45) is 1.45. The first-order valence-corrected chi connectivity index (χ1v) is 10.4. The van der Waals surface area contributed by atoms with E-state index in [4.69, 9.17) is 9.47 Å². The van der Waals surface area contributed by atoms with Gasteiger partial charge in [-0.15, -0.1) is 11.3 Å². The molecule has 0 spiro atoms. The standard InChI is InChI=1S/C23H23NO3S/c1-3-12-27-18-10-6-15(7-11-18)19-13-21(25)24-22-20(14-28-23(19)22)16-4-8-17(26-2)9-5-16/h4-11,14,19H,3,12-13H2,1-2H3,(H,24,25). The Morgan fingerprint density at radius 3 is 2.46 bits per heavy atom. The van der Waals surface area contributed by atoms with Crippen LogP contribution in [0.25, 0.3) is 11.1 Å². The Kier molecular flexibility index (Phi) is 5.35. The lowest BCUT2D eigenvalue weighted by Gasteiger charge is -2.24. The summed E-state index contributed by atoms with van der Waals surface area (Å²) in [4.78, 5) is 13.7.